The molecule has 144 valence electrons. The van der Waals surface area contributed by atoms with Crippen LogP contribution in [0.4, 0.5) is 13.2 Å². The van der Waals surface area contributed by atoms with E-state index in [-0.39, 0.29) is 18.7 Å². The summed E-state index contributed by atoms with van der Waals surface area (Å²) in [6.45, 7) is 0.573. The molecule has 3 rings (SSSR count). The number of carbonyl (C=O) groups is 1. The van der Waals surface area contributed by atoms with Gasteiger partial charge in [-0.15, -0.1) is 0 Å². The Hall–Kier alpha value is -2.02. The highest BCUT2D eigenvalue weighted by Gasteiger charge is 2.39. The molecule has 1 atom stereocenters. The largest absolute Gasteiger partial charge is 0.392 e. The van der Waals surface area contributed by atoms with Gasteiger partial charge in [-0.25, -0.2) is 0 Å². The lowest BCUT2D eigenvalue weighted by molar-refractivity contribution is -0.175. The second-order valence-electron chi connectivity index (χ2n) is 6.59. The highest BCUT2D eigenvalue weighted by molar-refractivity contribution is 7.98. The predicted molar refractivity (Wildman–Crippen MR) is 104 cm³/mol. The number of benzene rings is 1. The summed E-state index contributed by atoms with van der Waals surface area (Å²) < 4.78 is 38.7. The molecule has 0 fully saturated rings. The predicted octanol–water partition coefficient (Wildman–Crippen LogP) is 5.07. The number of amides is 1. The van der Waals surface area contributed by atoms with Crippen LogP contribution in [0.1, 0.15) is 35.2 Å². The number of hydrogen-bond acceptors (Lipinski definition) is 3. The Morgan fingerprint density at radius 1 is 1.37 bits per heavy atom. The molecule has 0 radical (unpaired) electrons. The summed E-state index contributed by atoms with van der Waals surface area (Å²) in [7, 11) is 0. The minimum absolute atomic E-state index is 0.00247. The molecule has 0 aliphatic heterocycles. The number of thioether (sulfide) groups is 1. The van der Waals surface area contributed by atoms with Crippen molar-refractivity contribution in [2.24, 2.45) is 5.92 Å². The van der Waals surface area contributed by atoms with Crippen molar-refractivity contribution in [1.82, 2.24) is 10.3 Å². The maximum Gasteiger partial charge on any atom is 0.392 e. The average molecular weight is 394 g/mol. The van der Waals surface area contributed by atoms with Crippen molar-refractivity contribution in [2.75, 3.05) is 18.6 Å². The van der Waals surface area contributed by atoms with Crippen molar-refractivity contribution in [3.63, 3.8) is 0 Å². The molecule has 1 aromatic carbocycles. The van der Waals surface area contributed by atoms with E-state index in [9.17, 15) is 18.0 Å². The number of hydrogen-bond donors (Lipinski definition) is 1. The van der Waals surface area contributed by atoms with E-state index in [0.29, 0.717) is 18.5 Å². The monoisotopic (exact) mass is 394 g/mol. The number of allylic oxidation sites excluding steroid dienone is 2. The van der Waals surface area contributed by atoms with Crippen LogP contribution in [-0.2, 0) is 0 Å². The first-order valence-electron chi connectivity index (χ1n) is 8.82. The second kappa shape index (κ2) is 8.33. The van der Waals surface area contributed by atoms with Gasteiger partial charge in [-0.1, -0.05) is 18.2 Å². The van der Waals surface area contributed by atoms with Gasteiger partial charge in [0.25, 0.3) is 5.91 Å². The Morgan fingerprint density at radius 2 is 2.19 bits per heavy atom. The van der Waals surface area contributed by atoms with E-state index in [2.05, 4.69) is 10.3 Å². The van der Waals surface area contributed by atoms with Gasteiger partial charge in [0.05, 0.1) is 17.0 Å². The molecule has 0 bridgehead atoms. The third-order valence-electron chi connectivity index (χ3n) is 4.80. The zero-order chi connectivity index (χ0) is 19.4. The van der Waals surface area contributed by atoms with E-state index in [1.54, 1.807) is 23.9 Å². The molecular weight excluding hydrogens is 373 g/mol. The lowest BCUT2D eigenvalue weighted by atomic mass is 9.85. The van der Waals surface area contributed by atoms with Gasteiger partial charge in [-0.3, -0.25) is 9.78 Å². The Labute approximate surface area is 160 Å². The Morgan fingerprint density at radius 3 is 2.85 bits per heavy atom. The van der Waals surface area contributed by atoms with Crippen LogP contribution >= 0.6 is 11.8 Å². The van der Waals surface area contributed by atoms with Crippen LogP contribution < -0.4 is 5.32 Å². The lowest BCUT2D eigenvalue weighted by Crippen LogP contribution is -2.25. The molecule has 1 aliphatic carbocycles. The molecule has 1 aliphatic rings. The molecule has 1 amide bonds. The first-order valence-corrected chi connectivity index (χ1v) is 10.2. The van der Waals surface area contributed by atoms with Crippen LogP contribution in [-0.4, -0.2) is 35.6 Å². The number of fused-ring (bicyclic) bond motifs is 1. The summed E-state index contributed by atoms with van der Waals surface area (Å²) in [4.78, 5) is 16.7. The van der Waals surface area contributed by atoms with Gasteiger partial charge in [-0.2, -0.15) is 24.9 Å². The fourth-order valence-corrected chi connectivity index (χ4v) is 3.60. The topological polar surface area (TPSA) is 42.0 Å². The Bertz CT molecular complexity index is 864. The smallest absolute Gasteiger partial charge is 0.351 e. The van der Waals surface area contributed by atoms with Crippen LogP contribution in [0, 0.1) is 5.92 Å². The average Bonchev–Trinajstić information content (AvgIpc) is 2.66. The zero-order valence-corrected chi connectivity index (χ0v) is 15.8. The van der Waals surface area contributed by atoms with Gasteiger partial charge in [0.15, 0.2) is 0 Å². The standard InChI is InChI=1S/C20H21F3N2OS/c1-27-10-9-24-19(26)14-11-17-16(3-2-4-18(17)25-12-14)13-5-7-15(8-6-13)20(21,22)23/h2-5,11-12,15H,6-10H2,1H3,(H,24,26). The van der Waals surface area contributed by atoms with E-state index in [0.717, 1.165) is 27.8 Å². The van der Waals surface area contributed by atoms with Crippen molar-refractivity contribution in [2.45, 2.75) is 25.4 Å². The first-order chi connectivity index (χ1) is 12.9. The molecule has 2 aromatic rings. The first kappa shape index (κ1) is 19.7. The number of aromatic nitrogens is 1. The van der Waals surface area contributed by atoms with Crippen molar-refractivity contribution < 1.29 is 18.0 Å². The number of halogens is 3. The van der Waals surface area contributed by atoms with E-state index in [1.165, 1.54) is 6.20 Å². The van der Waals surface area contributed by atoms with Crippen LogP contribution in [0.2, 0.25) is 0 Å². The molecule has 27 heavy (non-hydrogen) atoms. The summed E-state index contributed by atoms with van der Waals surface area (Å²) in [5.41, 5.74) is 2.94. The zero-order valence-electron chi connectivity index (χ0n) is 15.0. The van der Waals surface area contributed by atoms with Crippen LogP contribution in [0.15, 0.2) is 36.5 Å². The number of pyridine rings is 1. The van der Waals surface area contributed by atoms with E-state index in [1.807, 2.05) is 24.5 Å². The van der Waals surface area contributed by atoms with Crippen molar-refractivity contribution >= 4 is 34.1 Å². The SMILES string of the molecule is CSCCNC(=O)c1cnc2cccc(C3=CCC(C(F)(F)F)CC3)c2c1. The van der Waals surface area contributed by atoms with Crippen LogP contribution in [0.5, 0.6) is 0 Å². The van der Waals surface area contributed by atoms with Crippen molar-refractivity contribution in [3.8, 4) is 0 Å². The fourth-order valence-electron chi connectivity index (χ4n) is 3.30. The van der Waals surface area contributed by atoms with Gasteiger partial charge < -0.3 is 5.32 Å². The van der Waals surface area contributed by atoms with Gasteiger partial charge >= 0.3 is 6.18 Å². The highest BCUT2D eigenvalue weighted by atomic mass is 32.2. The summed E-state index contributed by atoms with van der Waals surface area (Å²) in [5, 5.41) is 3.64. The molecule has 3 nitrogen and oxygen atoms in total. The summed E-state index contributed by atoms with van der Waals surface area (Å²) in [6.07, 6.45) is 1.50. The summed E-state index contributed by atoms with van der Waals surface area (Å²) >= 11 is 1.65. The molecule has 1 heterocycles. The quantitative estimate of drug-likeness (QED) is 0.720. The number of carbonyl (C=O) groups excluding carboxylic acids is 1. The van der Waals surface area contributed by atoms with Crippen LogP contribution in [0.25, 0.3) is 16.5 Å². The van der Waals surface area contributed by atoms with E-state index >= 15 is 0 Å². The normalized spacial score (nSPS) is 17.6. The Balaban J connectivity index is 1.89. The number of alkyl halides is 3. The minimum Gasteiger partial charge on any atom is -0.351 e. The van der Waals surface area contributed by atoms with Crippen LogP contribution in [0.3, 0.4) is 0 Å². The third kappa shape index (κ3) is 4.64. The molecule has 0 saturated carbocycles. The van der Waals surface area contributed by atoms with E-state index < -0.39 is 12.1 Å². The van der Waals surface area contributed by atoms with E-state index in [4.69, 9.17) is 0 Å². The molecule has 7 heteroatoms. The number of nitrogens with zero attached hydrogens (tertiary/aromatic N) is 1. The molecular formula is C20H21F3N2OS. The van der Waals surface area contributed by atoms with Gasteiger partial charge in [0.2, 0.25) is 0 Å². The highest BCUT2D eigenvalue weighted by Crippen LogP contribution is 2.40. The Kier molecular flexibility index (Phi) is 6.09. The minimum atomic E-state index is -4.15. The number of rotatable bonds is 5. The molecule has 1 unspecified atom stereocenters. The molecule has 1 aromatic heterocycles. The van der Waals surface area contributed by atoms with Crippen molar-refractivity contribution in [1.29, 1.82) is 0 Å². The lowest BCUT2D eigenvalue weighted by Gasteiger charge is -2.24. The van der Waals surface area contributed by atoms with Gasteiger partial charge in [0.1, 0.15) is 0 Å². The maximum atomic E-state index is 12.9. The molecule has 1 N–H and O–H groups in total. The maximum absolute atomic E-state index is 12.9. The molecule has 0 saturated heterocycles. The summed E-state index contributed by atoms with van der Waals surface area (Å²) in [5.74, 6) is -0.638. The fraction of sp³-hybridized carbons (Fsp3) is 0.400. The second-order valence-corrected chi connectivity index (χ2v) is 7.57. The van der Waals surface area contributed by atoms with Gasteiger partial charge in [0, 0.05) is 23.9 Å². The van der Waals surface area contributed by atoms with Crippen molar-refractivity contribution in [3.05, 3.63) is 47.7 Å². The third-order valence-corrected chi connectivity index (χ3v) is 5.41. The molecule has 0 spiro atoms. The van der Waals surface area contributed by atoms with Gasteiger partial charge in [-0.05, 0) is 48.8 Å². The number of nitrogens with one attached hydrogen (secondary N) is 1. The summed E-state index contributed by atoms with van der Waals surface area (Å²) in [6, 6.07) is 7.36.